The van der Waals surface area contributed by atoms with Crippen molar-refractivity contribution in [3.8, 4) is 5.75 Å². The largest absolute Gasteiger partial charge is 0.496 e. The third kappa shape index (κ3) is 4.13. The molecule has 1 amide bonds. The topological polar surface area (TPSA) is 105 Å². The minimum absolute atomic E-state index is 0.00478. The molecule has 0 saturated heterocycles. The first kappa shape index (κ1) is 18.2. The van der Waals surface area contributed by atoms with E-state index in [1.165, 1.54) is 31.4 Å². The summed E-state index contributed by atoms with van der Waals surface area (Å²) in [4.78, 5) is 23.4. The second-order valence-electron chi connectivity index (χ2n) is 6.50. The fraction of sp³-hybridized carbons (Fsp3) is 0.444. The summed E-state index contributed by atoms with van der Waals surface area (Å²) in [7, 11) is 1.49. The minimum atomic E-state index is -0.463. The molecule has 0 unspecified atom stereocenters. The lowest BCUT2D eigenvalue weighted by Crippen LogP contribution is -2.41. The molecule has 2 aromatic rings. The Morgan fingerprint density at radius 2 is 2.23 bits per heavy atom. The zero-order valence-electron chi connectivity index (χ0n) is 14.3. The number of nitrogens with one attached hydrogen (secondary N) is 2. The Morgan fingerprint density at radius 1 is 1.46 bits per heavy atom. The molecule has 1 aromatic heterocycles. The number of benzene rings is 1. The highest BCUT2D eigenvalue weighted by Crippen LogP contribution is 2.41. The van der Waals surface area contributed by atoms with Gasteiger partial charge in [0.1, 0.15) is 17.3 Å². The smallest absolute Gasteiger partial charge is 0.280 e. The minimum Gasteiger partial charge on any atom is -0.496 e. The van der Waals surface area contributed by atoms with Crippen LogP contribution in [0.2, 0.25) is 0 Å². The maximum atomic E-state index is 13.8. The molecule has 0 bridgehead atoms. The summed E-state index contributed by atoms with van der Waals surface area (Å²) in [5.74, 6) is 0.189. The van der Waals surface area contributed by atoms with Gasteiger partial charge in [0, 0.05) is 24.5 Å². The fourth-order valence-electron chi connectivity index (χ4n) is 3.23. The van der Waals surface area contributed by atoms with E-state index in [0.717, 1.165) is 0 Å². The molecule has 0 aliphatic heterocycles. The first-order chi connectivity index (χ1) is 12.5. The number of amides is 1. The molecule has 1 atom stereocenters. The maximum Gasteiger partial charge on any atom is 0.280 e. The second kappa shape index (κ2) is 7.74. The van der Waals surface area contributed by atoms with Crippen LogP contribution in [-0.2, 0) is 11.2 Å². The number of methoxy groups -OCH3 is 1. The summed E-state index contributed by atoms with van der Waals surface area (Å²) in [5.41, 5.74) is 0.192. The molecule has 1 aromatic carbocycles. The van der Waals surface area contributed by atoms with Gasteiger partial charge in [0.2, 0.25) is 5.91 Å². The SMILES string of the molecule is COc1ccc(F)cc1[C@@H](NC(=O)CCc1cc(=O)[nH]o1)C1CC(O)C1. The Labute approximate surface area is 149 Å². The van der Waals surface area contributed by atoms with Crippen LogP contribution in [0.25, 0.3) is 0 Å². The molecule has 1 heterocycles. The fourth-order valence-corrected chi connectivity index (χ4v) is 3.23. The average Bonchev–Trinajstić information content (AvgIpc) is 3.01. The summed E-state index contributed by atoms with van der Waals surface area (Å²) >= 11 is 0. The number of aryl methyl sites for hydroxylation is 1. The molecule has 1 aliphatic carbocycles. The average molecular weight is 364 g/mol. The Balaban J connectivity index is 1.73. The summed E-state index contributed by atoms with van der Waals surface area (Å²) in [6.45, 7) is 0. The van der Waals surface area contributed by atoms with Crippen LogP contribution in [0.4, 0.5) is 4.39 Å². The highest BCUT2D eigenvalue weighted by molar-refractivity contribution is 5.76. The van der Waals surface area contributed by atoms with E-state index < -0.39 is 18.0 Å². The number of rotatable bonds is 7. The van der Waals surface area contributed by atoms with Crippen LogP contribution in [0.3, 0.4) is 0 Å². The number of ether oxygens (including phenoxy) is 1. The van der Waals surface area contributed by atoms with Crippen molar-refractivity contribution in [1.29, 1.82) is 0 Å². The van der Waals surface area contributed by atoms with Crippen LogP contribution in [0, 0.1) is 11.7 Å². The molecule has 140 valence electrons. The summed E-state index contributed by atoms with van der Waals surface area (Å²) in [6, 6.07) is 5.00. The monoisotopic (exact) mass is 364 g/mol. The van der Waals surface area contributed by atoms with Gasteiger partial charge in [-0.05, 0) is 37.0 Å². The zero-order chi connectivity index (χ0) is 18.7. The first-order valence-electron chi connectivity index (χ1n) is 8.44. The van der Waals surface area contributed by atoms with Crippen molar-refractivity contribution in [3.63, 3.8) is 0 Å². The molecule has 1 saturated carbocycles. The molecule has 3 N–H and O–H groups in total. The maximum absolute atomic E-state index is 13.8. The van der Waals surface area contributed by atoms with Gasteiger partial charge >= 0.3 is 0 Å². The van der Waals surface area contributed by atoms with Gasteiger partial charge in [-0.1, -0.05) is 0 Å². The van der Waals surface area contributed by atoms with E-state index >= 15 is 0 Å². The number of aliphatic hydroxyl groups is 1. The van der Waals surface area contributed by atoms with Gasteiger partial charge in [0.05, 0.1) is 19.3 Å². The van der Waals surface area contributed by atoms with Gasteiger partial charge in [0.15, 0.2) is 0 Å². The molecule has 0 radical (unpaired) electrons. The lowest BCUT2D eigenvalue weighted by Gasteiger charge is -2.38. The van der Waals surface area contributed by atoms with Gasteiger partial charge in [-0.15, -0.1) is 0 Å². The highest BCUT2D eigenvalue weighted by Gasteiger charge is 2.37. The molecule has 7 nitrogen and oxygen atoms in total. The number of aromatic amines is 1. The van der Waals surface area contributed by atoms with Crippen molar-refractivity contribution >= 4 is 5.91 Å². The number of carbonyl (C=O) groups is 1. The standard InChI is InChI=1S/C18H21FN2O5/c1-25-15-4-2-11(19)8-14(15)18(10-6-12(22)7-10)20-16(23)5-3-13-9-17(24)21-26-13/h2,4,8-10,12,18,22H,3,5-7H2,1H3,(H,20,23)(H,21,24)/t10?,12?,18-/m0/s1. The second-order valence-corrected chi connectivity index (χ2v) is 6.50. The lowest BCUT2D eigenvalue weighted by atomic mass is 9.74. The lowest BCUT2D eigenvalue weighted by molar-refractivity contribution is -0.123. The van der Waals surface area contributed by atoms with Crippen LogP contribution in [-0.4, -0.2) is 29.4 Å². The van der Waals surface area contributed by atoms with Gasteiger partial charge < -0.3 is 19.7 Å². The van der Waals surface area contributed by atoms with Gasteiger partial charge in [-0.3, -0.25) is 9.59 Å². The van der Waals surface area contributed by atoms with Crippen LogP contribution < -0.4 is 15.6 Å². The van der Waals surface area contributed by atoms with E-state index in [0.29, 0.717) is 29.9 Å². The number of aliphatic hydroxyl groups excluding tert-OH is 1. The van der Waals surface area contributed by atoms with Gasteiger partial charge in [0.25, 0.3) is 5.56 Å². The van der Waals surface area contributed by atoms with Crippen molar-refractivity contribution in [2.75, 3.05) is 7.11 Å². The van der Waals surface area contributed by atoms with Crippen molar-refractivity contribution < 1.29 is 23.6 Å². The number of aromatic nitrogens is 1. The normalized spacial score (nSPS) is 20.3. The van der Waals surface area contributed by atoms with E-state index in [1.54, 1.807) is 0 Å². The summed E-state index contributed by atoms with van der Waals surface area (Å²) in [6.07, 6.45) is 1.03. The van der Waals surface area contributed by atoms with Gasteiger partial charge in [-0.2, -0.15) is 5.16 Å². The summed E-state index contributed by atoms with van der Waals surface area (Å²) < 4.78 is 24.0. The Kier molecular flexibility index (Phi) is 5.41. The van der Waals surface area contributed by atoms with Gasteiger partial charge in [-0.25, -0.2) is 4.39 Å². The number of carbonyl (C=O) groups excluding carboxylic acids is 1. The molecule has 3 rings (SSSR count). The quantitative estimate of drug-likeness (QED) is 0.693. The molecule has 0 spiro atoms. The molecule has 1 aliphatic rings. The highest BCUT2D eigenvalue weighted by atomic mass is 19.1. The number of hydrogen-bond acceptors (Lipinski definition) is 5. The molecule has 26 heavy (non-hydrogen) atoms. The van der Waals surface area contributed by atoms with E-state index in [9.17, 15) is 19.1 Å². The Bertz CT molecular complexity index is 825. The van der Waals surface area contributed by atoms with E-state index in [-0.39, 0.29) is 30.2 Å². The zero-order valence-corrected chi connectivity index (χ0v) is 14.3. The Hall–Kier alpha value is -2.61. The van der Waals surface area contributed by atoms with Crippen molar-refractivity contribution in [2.24, 2.45) is 5.92 Å². The van der Waals surface area contributed by atoms with Crippen LogP contribution in [0.1, 0.15) is 36.6 Å². The number of H-pyrrole nitrogens is 1. The van der Waals surface area contributed by atoms with Crippen molar-refractivity contribution in [1.82, 2.24) is 10.5 Å². The molecular weight excluding hydrogens is 343 g/mol. The van der Waals surface area contributed by atoms with E-state index in [2.05, 4.69) is 10.5 Å². The van der Waals surface area contributed by atoms with Crippen LogP contribution >= 0.6 is 0 Å². The van der Waals surface area contributed by atoms with E-state index in [4.69, 9.17) is 9.26 Å². The van der Waals surface area contributed by atoms with Crippen LogP contribution in [0.5, 0.6) is 5.75 Å². The third-order valence-corrected chi connectivity index (χ3v) is 4.64. The van der Waals surface area contributed by atoms with E-state index in [1.807, 2.05) is 0 Å². The molecular formula is C18H21FN2O5. The predicted molar refractivity (Wildman–Crippen MR) is 90.2 cm³/mol. The third-order valence-electron chi connectivity index (χ3n) is 4.64. The van der Waals surface area contributed by atoms with Crippen molar-refractivity contribution in [2.45, 2.75) is 37.8 Å². The first-order valence-corrected chi connectivity index (χ1v) is 8.44. The number of halogens is 1. The Morgan fingerprint density at radius 3 is 2.85 bits per heavy atom. The summed E-state index contributed by atoms with van der Waals surface area (Å²) in [5, 5.41) is 14.7. The predicted octanol–water partition coefficient (Wildman–Crippen LogP) is 1.68. The van der Waals surface area contributed by atoms with Crippen LogP contribution in [0.15, 0.2) is 33.6 Å². The van der Waals surface area contributed by atoms with Crippen molar-refractivity contribution in [3.05, 3.63) is 51.8 Å². The molecule has 8 heteroatoms. The number of hydrogen-bond donors (Lipinski definition) is 3. The molecule has 1 fully saturated rings.